The molecule has 1 fully saturated rings. The van der Waals surface area contributed by atoms with Gasteiger partial charge in [-0.05, 0) is 45.1 Å². The summed E-state index contributed by atoms with van der Waals surface area (Å²) in [5.41, 5.74) is 0.175. The molecule has 0 aromatic rings. The van der Waals surface area contributed by atoms with Crippen molar-refractivity contribution in [2.45, 2.75) is 76.4 Å². The van der Waals surface area contributed by atoms with Crippen molar-refractivity contribution in [1.29, 1.82) is 0 Å². The van der Waals surface area contributed by atoms with Crippen molar-refractivity contribution in [3.8, 4) is 0 Å². The molecular weight excluding hydrogens is 363 g/mol. The summed E-state index contributed by atoms with van der Waals surface area (Å²) in [5, 5.41) is 0. The summed E-state index contributed by atoms with van der Waals surface area (Å²) < 4.78 is 12.5. The lowest BCUT2D eigenvalue weighted by molar-refractivity contribution is -0.103. The monoisotopic (exact) mass is 394 g/mol. The zero-order valence-electron chi connectivity index (χ0n) is 14.1. The van der Waals surface area contributed by atoms with Crippen molar-refractivity contribution in [3.05, 3.63) is 11.8 Å². The molecule has 2 nitrogen and oxygen atoms in total. The molecule has 0 radical (unpaired) electrons. The summed E-state index contributed by atoms with van der Waals surface area (Å²) in [4.78, 5) is 0. The molecule has 3 unspecified atom stereocenters. The minimum atomic E-state index is -0.0539. The van der Waals surface area contributed by atoms with Crippen LogP contribution in [-0.2, 0) is 9.47 Å². The molecule has 1 aliphatic carbocycles. The van der Waals surface area contributed by atoms with E-state index in [0.717, 1.165) is 12.2 Å². The van der Waals surface area contributed by atoms with Gasteiger partial charge in [0.15, 0.2) is 0 Å². The number of alkyl halides is 1. The second-order valence-corrected chi connectivity index (χ2v) is 8.40. The number of methoxy groups -OCH3 is 1. The minimum Gasteiger partial charge on any atom is -0.491 e. The van der Waals surface area contributed by atoms with Crippen LogP contribution in [0.4, 0.5) is 0 Å². The molecule has 0 aliphatic heterocycles. The van der Waals surface area contributed by atoms with E-state index in [4.69, 9.17) is 9.47 Å². The van der Waals surface area contributed by atoms with E-state index in [2.05, 4.69) is 63.3 Å². The van der Waals surface area contributed by atoms with Crippen LogP contribution >= 0.6 is 22.6 Å². The van der Waals surface area contributed by atoms with E-state index < -0.39 is 0 Å². The Labute approximate surface area is 138 Å². The van der Waals surface area contributed by atoms with Crippen molar-refractivity contribution in [1.82, 2.24) is 0 Å². The zero-order chi connectivity index (χ0) is 15.6. The van der Waals surface area contributed by atoms with Crippen LogP contribution in [0.3, 0.4) is 0 Å². The fourth-order valence-electron chi connectivity index (χ4n) is 3.82. The third-order valence-electron chi connectivity index (χ3n) is 5.45. The molecule has 0 aromatic heterocycles. The maximum absolute atomic E-state index is 6.59. The van der Waals surface area contributed by atoms with Crippen LogP contribution in [0.25, 0.3) is 0 Å². The normalized spacial score (nSPS) is 37.8. The van der Waals surface area contributed by atoms with E-state index in [-0.39, 0.29) is 17.1 Å². The Morgan fingerprint density at radius 1 is 1.45 bits per heavy atom. The Bertz CT molecular complexity index is 353. The number of hydrogen-bond donors (Lipinski definition) is 0. The first-order chi connectivity index (χ1) is 9.23. The highest BCUT2D eigenvalue weighted by atomic mass is 127. The highest BCUT2D eigenvalue weighted by molar-refractivity contribution is 14.1. The Morgan fingerprint density at radius 3 is 2.50 bits per heavy atom. The first-order valence-electron chi connectivity index (χ1n) is 7.77. The summed E-state index contributed by atoms with van der Waals surface area (Å²) in [6.45, 7) is 13.5. The average molecular weight is 394 g/mol. The minimum absolute atomic E-state index is 0.0539. The molecule has 20 heavy (non-hydrogen) atoms. The van der Waals surface area contributed by atoms with E-state index in [1.165, 1.54) is 12.8 Å². The van der Waals surface area contributed by atoms with Crippen molar-refractivity contribution in [2.24, 2.45) is 11.3 Å². The van der Waals surface area contributed by atoms with Gasteiger partial charge in [0.2, 0.25) is 0 Å². The first kappa shape index (κ1) is 18.3. The van der Waals surface area contributed by atoms with E-state index in [1.54, 1.807) is 7.11 Å². The highest BCUT2D eigenvalue weighted by Gasteiger charge is 2.58. The molecule has 0 aromatic carbocycles. The second-order valence-electron chi connectivity index (χ2n) is 6.54. The third kappa shape index (κ3) is 3.18. The predicted octanol–water partition coefficient (Wildman–Crippen LogP) is 5.35. The van der Waals surface area contributed by atoms with Gasteiger partial charge in [-0.3, -0.25) is 0 Å². The lowest BCUT2D eigenvalue weighted by Crippen LogP contribution is -2.51. The fourth-order valence-corrected chi connectivity index (χ4v) is 4.66. The van der Waals surface area contributed by atoms with Crippen LogP contribution in [0, 0.1) is 11.3 Å². The van der Waals surface area contributed by atoms with Gasteiger partial charge in [0.25, 0.3) is 0 Å². The summed E-state index contributed by atoms with van der Waals surface area (Å²) in [6, 6.07) is 0. The maximum Gasteiger partial charge on any atom is 0.117 e. The molecule has 118 valence electrons. The van der Waals surface area contributed by atoms with Gasteiger partial charge in [0.1, 0.15) is 5.60 Å². The standard InChI is InChI=1S/C17H31IO2/c1-8-17(20-14(4)11-13(3)19-7)12(2)9-10-16(17,6)15(5)18/h11-13,15H,8-10H2,1-7H3/b14-11-/t12-,13?,15?,16?,17-/m1/s1. The predicted molar refractivity (Wildman–Crippen MR) is 94.3 cm³/mol. The maximum atomic E-state index is 6.59. The Hall–Kier alpha value is 0.230. The smallest absolute Gasteiger partial charge is 0.117 e. The largest absolute Gasteiger partial charge is 0.491 e. The van der Waals surface area contributed by atoms with Gasteiger partial charge in [-0.25, -0.2) is 0 Å². The number of ether oxygens (including phenoxy) is 2. The Morgan fingerprint density at radius 2 is 2.05 bits per heavy atom. The second kappa shape index (κ2) is 6.99. The summed E-state index contributed by atoms with van der Waals surface area (Å²) >= 11 is 2.58. The average Bonchev–Trinajstić information content (AvgIpc) is 2.64. The van der Waals surface area contributed by atoms with Crippen LogP contribution in [0.2, 0.25) is 0 Å². The van der Waals surface area contributed by atoms with Crippen LogP contribution in [0.1, 0.15) is 60.8 Å². The summed E-state index contributed by atoms with van der Waals surface area (Å²) in [7, 11) is 1.74. The number of hydrogen-bond acceptors (Lipinski definition) is 2. The SMILES string of the molecule is CC[C@@]1(O/C(C)=C\C(C)OC)[C@H](C)CCC1(C)C(C)I. The van der Waals surface area contributed by atoms with Gasteiger partial charge < -0.3 is 9.47 Å². The van der Waals surface area contributed by atoms with E-state index >= 15 is 0 Å². The molecule has 1 rings (SSSR count). The van der Waals surface area contributed by atoms with Gasteiger partial charge in [0, 0.05) is 16.4 Å². The van der Waals surface area contributed by atoms with Crippen molar-refractivity contribution < 1.29 is 9.47 Å². The zero-order valence-corrected chi connectivity index (χ0v) is 16.3. The van der Waals surface area contributed by atoms with Crippen molar-refractivity contribution >= 4 is 22.6 Å². The first-order valence-corrected chi connectivity index (χ1v) is 9.02. The Kier molecular flexibility index (Phi) is 6.39. The molecule has 3 heteroatoms. The van der Waals surface area contributed by atoms with Gasteiger partial charge >= 0.3 is 0 Å². The summed E-state index contributed by atoms with van der Waals surface area (Å²) in [6.07, 6.45) is 5.75. The number of allylic oxidation sites excluding steroid dienone is 1. The van der Waals surface area contributed by atoms with Gasteiger partial charge in [0.05, 0.1) is 11.9 Å². The van der Waals surface area contributed by atoms with Crippen molar-refractivity contribution in [2.75, 3.05) is 7.11 Å². The Balaban J connectivity index is 3.08. The topological polar surface area (TPSA) is 18.5 Å². The summed E-state index contributed by atoms with van der Waals surface area (Å²) in [5.74, 6) is 1.59. The van der Waals surface area contributed by atoms with Gasteiger partial charge in [-0.1, -0.05) is 50.3 Å². The third-order valence-corrected chi connectivity index (χ3v) is 6.82. The molecule has 0 heterocycles. The molecule has 0 amide bonds. The molecular formula is C17H31IO2. The molecule has 0 spiro atoms. The molecule has 1 aliphatic rings. The van der Waals surface area contributed by atoms with E-state index in [0.29, 0.717) is 9.84 Å². The fraction of sp³-hybridized carbons (Fsp3) is 0.882. The van der Waals surface area contributed by atoms with Crippen LogP contribution in [0.15, 0.2) is 11.8 Å². The lowest BCUT2D eigenvalue weighted by Gasteiger charge is -2.48. The highest BCUT2D eigenvalue weighted by Crippen LogP contribution is 2.58. The molecule has 1 saturated carbocycles. The van der Waals surface area contributed by atoms with Crippen molar-refractivity contribution in [3.63, 3.8) is 0 Å². The van der Waals surface area contributed by atoms with Gasteiger partial charge in [-0.2, -0.15) is 0 Å². The van der Waals surface area contributed by atoms with E-state index in [9.17, 15) is 0 Å². The molecule has 0 N–H and O–H groups in total. The van der Waals surface area contributed by atoms with Crippen LogP contribution < -0.4 is 0 Å². The van der Waals surface area contributed by atoms with E-state index in [1.807, 2.05) is 6.92 Å². The quantitative estimate of drug-likeness (QED) is 0.344. The number of halogens is 1. The lowest BCUT2D eigenvalue weighted by atomic mass is 9.69. The van der Waals surface area contributed by atoms with Crippen LogP contribution in [0.5, 0.6) is 0 Å². The van der Waals surface area contributed by atoms with Gasteiger partial charge in [-0.15, -0.1) is 0 Å². The molecule has 0 bridgehead atoms. The molecule has 0 saturated heterocycles. The molecule has 5 atom stereocenters. The van der Waals surface area contributed by atoms with Crippen LogP contribution in [-0.4, -0.2) is 22.7 Å². The number of rotatable bonds is 6.